The second kappa shape index (κ2) is 21.7. The third-order valence-corrected chi connectivity index (χ3v) is 11.4. The van der Waals surface area contributed by atoms with Crippen molar-refractivity contribution in [3.8, 4) is 28.7 Å². The number of nitrogens with one attached hydrogen (secondary N) is 2. The molecule has 2 N–H and O–H groups in total. The van der Waals surface area contributed by atoms with Gasteiger partial charge in [-0.25, -0.2) is 19.4 Å². The maximum atomic E-state index is 14.2. The molecule has 0 bridgehead atoms. The topological polar surface area (TPSA) is 217 Å². The molecule has 2 aromatic heterocycles. The molecule has 3 aliphatic heterocycles. The minimum absolute atomic E-state index is 0.0226. The summed E-state index contributed by atoms with van der Waals surface area (Å²) in [5, 5.41) is 5.40. The van der Waals surface area contributed by atoms with Gasteiger partial charge in [0.2, 0.25) is 18.0 Å². The average molecular weight is 888 g/mol. The monoisotopic (exact) mass is 887 g/mol. The number of aromatic nitrogens is 2. The van der Waals surface area contributed by atoms with E-state index in [9.17, 15) is 28.8 Å². The van der Waals surface area contributed by atoms with Crippen molar-refractivity contribution in [1.82, 2.24) is 15.6 Å². The average Bonchev–Trinajstić information content (AvgIpc) is 3.77. The first-order chi connectivity index (χ1) is 30.8. The standard InChI is InChI=1S/C46H54N4O14/c1-7-29-13-11-17-32(45(55)61-27(3)40(29)63-31-15-9-8-10-16-31)48-43(53)37-41(34(57-5)19-22-47-37)64-36(52)25-50-23-20-35(58-6)42(62-28(4)51)38(50)44(54)49-33-18-12-14-30-21-24-59-39(30)26(2)60-46(33)56/h7-10,15-16,19-20,22-23,26-27,29-30,32-33,39-40H,1,11-14,17-18,21,24-25H2,2-6H3,(H-,48,49,53,54)/p+1. The summed E-state index contributed by atoms with van der Waals surface area (Å²) in [6.45, 7) is 8.45. The summed E-state index contributed by atoms with van der Waals surface area (Å²) in [5.41, 5.74) is -0.741. The van der Waals surface area contributed by atoms with Gasteiger partial charge in [0.05, 0.1) is 20.3 Å². The Hall–Kier alpha value is -6.56. The van der Waals surface area contributed by atoms with Gasteiger partial charge in [0, 0.05) is 37.8 Å². The fourth-order valence-electron chi connectivity index (χ4n) is 8.31. The molecule has 5 heterocycles. The number of ether oxygens (including phenoxy) is 8. The van der Waals surface area contributed by atoms with E-state index in [2.05, 4.69) is 22.2 Å². The van der Waals surface area contributed by atoms with E-state index < -0.39 is 72.6 Å². The number of methoxy groups -OCH3 is 2. The molecule has 64 heavy (non-hydrogen) atoms. The third kappa shape index (κ3) is 11.3. The highest BCUT2D eigenvalue weighted by Crippen LogP contribution is 2.34. The molecule has 0 radical (unpaired) electrons. The van der Waals surface area contributed by atoms with Crippen molar-refractivity contribution in [2.75, 3.05) is 20.8 Å². The van der Waals surface area contributed by atoms with Crippen LogP contribution in [0.4, 0.5) is 0 Å². The highest BCUT2D eigenvalue weighted by molar-refractivity contribution is 5.99. The summed E-state index contributed by atoms with van der Waals surface area (Å²) < 4.78 is 46.9. The van der Waals surface area contributed by atoms with Crippen molar-refractivity contribution in [2.45, 2.75) is 109 Å². The van der Waals surface area contributed by atoms with Crippen LogP contribution in [0.2, 0.25) is 0 Å². The van der Waals surface area contributed by atoms with Gasteiger partial charge < -0.3 is 48.5 Å². The Bertz CT molecular complexity index is 2200. The minimum Gasteiger partial charge on any atom is -0.493 e. The number of esters is 4. The Balaban J connectivity index is 1.22. The van der Waals surface area contributed by atoms with E-state index in [1.165, 1.54) is 38.7 Å². The molecular formula is C46H55N4O14+. The van der Waals surface area contributed by atoms with Crippen LogP contribution < -0.4 is 38.9 Å². The molecule has 6 rings (SSSR count). The van der Waals surface area contributed by atoms with Gasteiger partial charge in [0.25, 0.3) is 5.91 Å². The number of benzene rings is 1. The summed E-state index contributed by atoms with van der Waals surface area (Å²) in [4.78, 5) is 85.6. The smallest absolute Gasteiger partial charge is 0.378 e. The van der Waals surface area contributed by atoms with E-state index in [4.69, 9.17) is 37.9 Å². The molecule has 0 aliphatic carbocycles. The molecule has 3 aliphatic rings. The van der Waals surface area contributed by atoms with Crippen molar-refractivity contribution in [3.05, 3.63) is 78.9 Å². The zero-order valence-electron chi connectivity index (χ0n) is 36.6. The largest absolute Gasteiger partial charge is 0.493 e. The van der Waals surface area contributed by atoms with Gasteiger partial charge in [-0.1, -0.05) is 37.1 Å². The van der Waals surface area contributed by atoms with Crippen molar-refractivity contribution in [2.24, 2.45) is 11.8 Å². The quantitative estimate of drug-likeness (QED) is 0.141. The van der Waals surface area contributed by atoms with Crippen LogP contribution in [-0.2, 0) is 39.9 Å². The van der Waals surface area contributed by atoms with Crippen molar-refractivity contribution < 1.29 is 71.2 Å². The second-order valence-electron chi connectivity index (χ2n) is 15.8. The molecule has 8 unspecified atom stereocenters. The minimum atomic E-state index is -1.11. The fourth-order valence-corrected chi connectivity index (χ4v) is 8.31. The number of hydrogen-bond donors (Lipinski definition) is 2. The zero-order valence-corrected chi connectivity index (χ0v) is 36.6. The van der Waals surface area contributed by atoms with Crippen LogP contribution in [0, 0.1) is 11.8 Å². The number of rotatable bonds is 13. The summed E-state index contributed by atoms with van der Waals surface area (Å²) in [6.07, 6.45) is 5.98. The first-order valence-corrected chi connectivity index (χ1v) is 21.3. The van der Waals surface area contributed by atoms with Gasteiger partial charge >= 0.3 is 35.5 Å². The van der Waals surface area contributed by atoms with Gasteiger partial charge in [0.15, 0.2) is 23.4 Å². The molecule has 18 nitrogen and oxygen atoms in total. The molecule has 8 atom stereocenters. The Morgan fingerprint density at radius 1 is 0.828 bits per heavy atom. The van der Waals surface area contributed by atoms with Crippen molar-refractivity contribution in [3.63, 3.8) is 0 Å². The highest BCUT2D eigenvalue weighted by atomic mass is 16.6. The normalized spacial score (nSPS) is 24.8. The Morgan fingerprint density at radius 2 is 1.48 bits per heavy atom. The molecule has 3 aromatic rings. The molecule has 2 amide bonds. The molecule has 0 saturated carbocycles. The lowest BCUT2D eigenvalue weighted by atomic mass is 9.92. The lowest BCUT2D eigenvalue weighted by Gasteiger charge is -2.30. The highest BCUT2D eigenvalue weighted by Gasteiger charge is 2.41. The number of hydrogen-bond acceptors (Lipinski definition) is 15. The molecule has 18 heteroatoms. The third-order valence-electron chi connectivity index (χ3n) is 11.4. The molecule has 342 valence electrons. The SMILES string of the molecule is C=CC1CCCC(NC(=O)c2nccc(OC)c2OC(=O)C[n+]2ccc(OC)c(OC(C)=O)c2C(=O)NC2CCCC3CCOC3C(C)OC2=O)C(=O)OC(C)C1Oc1ccccc1. The maximum Gasteiger partial charge on any atom is 0.378 e. The summed E-state index contributed by atoms with van der Waals surface area (Å²) in [7, 11) is 2.59. The van der Waals surface area contributed by atoms with Crippen molar-refractivity contribution >= 4 is 35.7 Å². The van der Waals surface area contributed by atoms with Gasteiger partial charge in [-0.15, -0.1) is 6.58 Å². The van der Waals surface area contributed by atoms with Crippen LogP contribution in [-0.4, -0.2) is 98.0 Å². The van der Waals surface area contributed by atoms with E-state index in [1.54, 1.807) is 19.9 Å². The first kappa shape index (κ1) is 46.9. The molecule has 0 spiro atoms. The number of amides is 2. The number of carbonyl (C=O) groups is 6. The van der Waals surface area contributed by atoms with Gasteiger partial charge in [-0.3, -0.25) is 14.4 Å². The van der Waals surface area contributed by atoms with Gasteiger partial charge in [0.1, 0.15) is 36.1 Å². The molecule has 3 fully saturated rings. The number of para-hydroxylation sites is 1. The van der Waals surface area contributed by atoms with Crippen LogP contribution in [0.5, 0.6) is 28.7 Å². The number of cyclic esters (lactones) is 2. The van der Waals surface area contributed by atoms with Crippen LogP contribution >= 0.6 is 0 Å². The summed E-state index contributed by atoms with van der Waals surface area (Å²) >= 11 is 0. The van der Waals surface area contributed by atoms with E-state index in [1.807, 2.05) is 30.3 Å². The van der Waals surface area contributed by atoms with Crippen LogP contribution in [0.15, 0.2) is 67.5 Å². The van der Waals surface area contributed by atoms with Crippen LogP contribution in [0.1, 0.15) is 86.7 Å². The number of fused-ring (bicyclic) bond motifs is 1. The van der Waals surface area contributed by atoms with Crippen LogP contribution in [0.3, 0.4) is 0 Å². The Morgan fingerprint density at radius 3 is 2.16 bits per heavy atom. The second-order valence-corrected chi connectivity index (χ2v) is 15.8. The van der Waals surface area contributed by atoms with E-state index >= 15 is 0 Å². The zero-order chi connectivity index (χ0) is 45.9. The van der Waals surface area contributed by atoms with E-state index in [0.717, 1.165) is 24.3 Å². The Labute approximate surface area is 370 Å². The number of nitrogens with zero attached hydrogens (tertiary/aromatic N) is 2. The van der Waals surface area contributed by atoms with Crippen molar-refractivity contribution in [1.29, 1.82) is 0 Å². The van der Waals surface area contributed by atoms with E-state index in [0.29, 0.717) is 31.6 Å². The number of carbonyl (C=O) groups excluding carboxylic acids is 6. The first-order valence-electron chi connectivity index (χ1n) is 21.3. The Kier molecular flexibility index (Phi) is 15.9. The summed E-state index contributed by atoms with van der Waals surface area (Å²) in [5.74, 6) is -5.09. The number of pyridine rings is 2. The lowest BCUT2D eigenvalue weighted by Crippen LogP contribution is -2.51. The van der Waals surface area contributed by atoms with E-state index in [-0.39, 0.29) is 65.2 Å². The lowest BCUT2D eigenvalue weighted by molar-refractivity contribution is -0.687. The van der Waals surface area contributed by atoms with Gasteiger partial charge in [-0.2, -0.15) is 4.57 Å². The predicted octanol–water partition coefficient (Wildman–Crippen LogP) is 4.00. The van der Waals surface area contributed by atoms with Crippen LogP contribution in [0.25, 0.3) is 0 Å². The summed E-state index contributed by atoms with van der Waals surface area (Å²) in [6, 6.07) is 9.68. The predicted molar refractivity (Wildman–Crippen MR) is 225 cm³/mol. The molecule has 3 saturated heterocycles. The fraction of sp³-hybridized carbons (Fsp3) is 0.478. The molecule has 1 aromatic carbocycles. The van der Waals surface area contributed by atoms with Gasteiger partial charge in [-0.05, 0) is 64.0 Å². The molecular weight excluding hydrogens is 833 g/mol. The maximum absolute atomic E-state index is 14.2.